The summed E-state index contributed by atoms with van der Waals surface area (Å²) in [7, 11) is 0. The molecule has 9 heteroatoms. The molecule has 1 heterocycles. The van der Waals surface area contributed by atoms with E-state index in [1.54, 1.807) is 6.07 Å². The van der Waals surface area contributed by atoms with Crippen molar-refractivity contribution in [3.05, 3.63) is 64.0 Å². The second-order valence-corrected chi connectivity index (χ2v) is 7.77. The number of carboxylic acid groups (broad SMARTS) is 1. The zero-order chi connectivity index (χ0) is 22.7. The van der Waals surface area contributed by atoms with Crippen LogP contribution in [0.2, 0.25) is 10.0 Å². The first-order valence-electron chi connectivity index (χ1n) is 9.28. The third kappa shape index (κ3) is 5.18. The van der Waals surface area contributed by atoms with Crippen molar-refractivity contribution in [1.82, 2.24) is 4.98 Å². The number of anilines is 1. The largest absolute Gasteiger partial charge is 0.507 e. The zero-order valence-corrected chi connectivity index (χ0v) is 18.1. The number of hydrogen-bond acceptors (Lipinski definition) is 5. The van der Waals surface area contributed by atoms with Crippen LogP contribution in [0.4, 0.5) is 10.2 Å². The highest BCUT2D eigenvalue weighted by atomic mass is 35.5. The fourth-order valence-electron chi connectivity index (χ4n) is 2.85. The number of rotatable bonds is 7. The van der Waals surface area contributed by atoms with Crippen molar-refractivity contribution in [2.24, 2.45) is 0 Å². The maximum absolute atomic E-state index is 14.2. The molecule has 0 aliphatic rings. The lowest BCUT2D eigenvalue weighted by molar-refractivity contribution is -0.134. The molecule has 1 aromatic heterocycles. The number of nitrogens with zero attached hydrogens (tertiary/aromatic N) is 1. The number of ether oxygens (including phenoxy) is 1. The van der Waals surface area contributed by atoms with Gasteiger partial charge >= 0.3 is 5.97 Å². The van der Waals surface area contributed by atoms with E-state index in [4.69, 9.17) is 33.0 Å². The van der Waals surface area contributed by atoms with Gasteiger partial charge in [0, 0.05) is 5.56 Å². The summed E-state index contributed by atoms with van der Waals surface area (Å²) < 4.78 is 19.9. The lowest BCUT2D eigenvalue weighted by Gasteiger charge is -2.15. The van der Waals surface area contributed by atoms with Crippen LogP contribution in [0.3, 0.4) is 0 Å². The number of aromatic nitrogens is 1. The molecular formula is C22H19Cl2FN2O4. The van der Waals surface area contributed by atoms with Crippen molar-refractivity contribution in [3.63, 3.8) is 0 Å². The normalized spacial score (nSPS) is 10.9. The summed E-state index contributed by atoms with van der Waals surface area (Å²) in [5.74, 6) is -2.12. The Morgan fingerprint density at radius 2 is 1.94 bits per heavy atom. The van der Waals surface area contributed by atoms with Gasteiger partial charge in [-0.25, -0.2) is 0 Å². The molecule has 0 saturated carbocycles. The minimum absolute atomic E-state index is 0.0372. The summed E-state index contributed by atoms with van der Waals surface area (Å²) in [6.45, 7) is 3.61. The monoisotopic (exact) mass is 464 g/mol. The van der Waals surface area contributed by atoms with Gasteiger partial charge in [-0.15, -0.1) is 0 Å². The predicted octanol–water partition coefficient (Wildman–Crippen LogP) is 6.31. The number of phenols is 1. The summed E-state index contributed by atoms with van der Waals surface area (Å²) in [5, 5.41) is 20.9. The topological polar surface area (TPSA) is 91.7 Å². The fourth-order valence-corrected chi connectivity index (χ4v) is 3.32. The summed E-state index contributed by atoms with van der Waals surface area (Å²) in [6, 6.07) is 12.2. The van der Waals surface area contributed by atoms with Crippen LogP contribution in [0.1, 0.15) is 25.3 Å². The molecule has 3 rings (SSSR count). The number of carboxylic acids is 1. The Morgan fingerprint density at radius 3 is 2.61 bits per heavy atom. The van der Waals surface area contributed by atoms with Crippen LogP contribution in [-0.2, 0) is 4.79 Å². The van der Waals surface area contributed by atoms with Crippen LogP contribution in [0.15, 0.2) is 42.5 Å². The minimum Gasteiger partial charge on any atom is -0.507 e. The number of halogens is 3. The second kappa shape index (κ2) is 9.41. The van der Waals surface area contributed by atoms with Gasteiger partial charge in [-0.1, -0.05) is 61.3 Å². The Morgan fingerprint density at radius 1 is 1.19 bits per heavy atom. The molecule has 0 bridgehead atoms. The number of benzene rings is 2. The van der Waals surface area contributed by atoms with Crippen LogP contribution in [0.25, 0.3) is 11.1 Å². The maximum atomic E-state index is 14.2. The standard InChI is InChI=1S/C22H19Cl2FN2O4/c1-11(2)12-4-3-5-13(8-12)15-9-14(6-7-16(15)28)31-20-18(23)21(25)27-22(19(20)24)26-10-17(29)30/h3-9,11,28H,10H2,1-2H3,(H,26,27)(H,29,30). The molecule has 3 aromatic rings. The molecule has 0 aliphatic carbocycles. The van der Waals surface area contributed by atoms with Crippen LogP contribution >= 0.6 is 23.2 Å². The minimum atomic E-state index is -1.18. The van der Waals surface area contributed by atoms with Gasteiger partial charge in [0.05, 0.1) is 0 Å². The highest BCUT2D eigenvalue weighted by Crippen LogP contribution is 2.42. The Kier molecular flexibility index (Phi) is 6.87. The summed E-state index contributed by atoms with van der Waals surface area (Å²) in [4.78, 5) is 14.3. The Hall–Kier alpha value is -3.03. The molecule has 0 saturated heterocycles. The quantitative estimate of drug-likeness (QED) is 0.354. The molecule has 0 amide bonds. The number of nitrogens with one attached hydrogen (secondary N) is 1. The number of phenolic OH excluding ortho intramolecular Hbond substituents is 1. The molecule has 31 heavy (non-hydrogen) atoms. The van der Waals surface area contributed by atoms with Gasteiger partial charge in [0.2, 0.25) is 5.95 Å². The molecule has 0 radical (unpaired) electrons. The van der Waals surface area contributed by atoms with Gasteiger partial charge in [0.15, 0.2) is 11.6 Å². The van der Waals surface area contributed by atoms with E-state index in [9.17, 15) is 14.3 Å². The first kappa shape index (κ1) is 22.7. The fraction of sp³-hybridized carbons (Fsp3) is 0.182. The van der Waals surface area contributed by atoms with Crippen molar-refractivity contribution in [1.29, 1.82) is 0 Å². The summed E-state index contributed by atoms with van der Waals surface area (Å²) in [6.07, 6.45) is 0. The van der Waals surface area contributed by atoms with Crippen molar-refractivity contribution in [2.75, 3.05) is 11.9 Å². The van der Waals surface area contributed by atoms with Crippen molar-refractivity contribution in [2.45, 2.75) is 19.8 Å². The molecule has 0 atom stereocenters. The number of hydrogen-bond donors (Lipinski definition) is 3. The average molecular weight is 465 g/mol. The van der Waals surface area contributed by atoms with Gasteiger partial charge in [-0.05, 0) is 35.2 Å². The van der Waals surface area contributed by atoms with Crippen molar-refractivity contribution in [3.8, 4) is 28.4 Å². The van der Waals surface area contributed by atoms with Crippen molar-refractivity contribution < 1.29 is 24.1 Å². The van der Waals surface area contributed by atoms with E-state index in [1.807, 2.05) is 24.3 Å². The molecule has 0 spiro atoms. The molecule has 3 N–H and O–H groups in total. The van der Waals surface area contributed by atoms with E-state index in [2.05, 4.69) is 24.1 Å². The summed E-state index contributed by atoms with van der Waals surface area (Å²) in [5.41, 5.74) is 2.38. The molecule has 0 aliphatic heterocycles. The van der Waals surface area contributed by atoms with E-state index in [0.29, 0.717) is 11.5 Å². The van der Waals surface area contributed by atoms with Gasteiger partial charge in [-0.2, -0.15) is 9.37 Å². The van der Waals surface area contributed by atoms with E-state index in [0.717, 1.165) is 11.1 Å². The lowest BCUT2D eigenvalue weighted by Crippen LogP contribution is -2.14. The summed E-state index contributed by atoms with van der Waals surface area (Å²) >= 11 is 12.2. The van der Waals surface area contributed by atoms with Gasteiger partial charge in [-0.3, -0.25) is 4.79 Å². The predicted molar refractivity (Wildman–Crippen MR) is 118 cm³/mol. The Labute approximate surface area is 188 Å². The van der Waals surface area contributed by atoms with Crippen LogP contribution < -0.4 is 10.1 Å². The van der Waals surface area contributed by atoms with E-state index in [1.165, 1.54) is 12.1 Å². The van der Waals surface area contributed by atoms with Gasteiger partial charge in [0.1, 0.15) is 28.1 Å². The maximum Gasteiger partial charge on any atom is 0.322 e. The second-order valence-electron chi connectivity index (χ2n) is 7.02. The van der Waals surface area contributed by atoms with Crippen LogP contribution in [0, 0.1) is 5.95 Å². The first-order chi connectivity index (χ1) is 14.7. The molecule has 0 unspecified atom stereocenters. The first-order valence-corrected chi connectivity index (χ1v) is 10.0. The third-order valence-corrected chi connectivity index (χ3v) is 5.14. The molecule has 162 valence electrons. The Bertz CT molecular complexity index is 1140. The Balaban J connectivity index is 2.00. The number of pyridine rings is 1. The number of carbonyl (C=O) groups is 1. The number of aromatic hydroxyl groups is 1. The lowest BCUT2D eigenvalue weighted by atomic mass is 9.97. The zero-order valence-electron chi connectivity index (χ0n) is 16.6. The number of aliphatic carboxylic acids is 1. The highest BCUT2D eigenvalue weighted by molar-refractivity contribution is 6.38. The van der Waals surface area contributed by atoms with Crippen LogP contribution in [-0.4, -0.2) is 27.7 Å². The van der Waals surface area contributed by atoms with Crippen LogP contribution in [0.5, 0.6) is 17.2 Å². The smallest absolute Gasteiger partial charge is 0.322 e. The van der Waals surface area contributed by atoms with E-state index < -0.39 is 23.5 Å². The third-order valence-electron chi connectivity index (χ3n) is 4.46. The van der Waals surface area contributed by atoms with Gasteiger partial charge < -0.3 is 20.3 Å². The SMILES string of the molecule is CC(C)c1cccc(-c2cc(Oc3c(Cl)c(F)nc(NCC(=O)O)c3Cl)ccc2O)c1. The molecule has 0 fully saturated rings. The van der Waals surface area contributed by atoms with E-state index >= 15 is 0 Å². The average Bonchev–Trinajstić information content (AvgIpc) is 2.74. The van der Waals surface area contributed by atoms with Gasteiger partial charge in [0.25, 0.3) is 0 Å². The molecule has 2 aromatic carbocycles. The highest BCUT2D eigenvalue weighted by Gasteiger charge is 2.21. The molecular weight excluding hydrogens is 446 g/mol. The molecule has 6 nitrogen and oxygen atoms in total. The van der Waals surface area contributed by atoms with E-state index in [-0.39, 0.29) is 28.1 Å². The van der Waals surface area contributed by atoms with Crippen molar-refractivity contribution >= 4 is 35.0 Å².